The monoisotopic (exact) mass is 630 g/mol. The molecule has 6 nitrogen and oxygen atoms in total. The summed E-state index contributed by atoms with van der Waals surface area (Å²) in [6.07, 6.45) is 1.75. The van der Waals surface area contributed by atoms with Crippen molar-refractivity contribution >= 4 is 85.1 Å². The summed E-state index contributed by atoms with van der Waals surface area (Å²) in [4.78, 5) is 27.5. The van der Waals surface area contributed by atoms with Gasteiger partial charge in [-0.1, -0.05) is 47.7 Å². The Morgan fingerprint density at radius 2 is 1.87 bits per heavy atom. The molecule has 0 spiro atoms. The van der Waals surface area contributed by atoms with Gasteiger partial charge in [-0.3, -0.25) is 14.5 Å². The fraction of sp³-hybridized carbons (Fsp3) is 0.179. The lowest BCUT2D eigenvalue weighted by Crippen LogP contribution is -2.27. The number of rotatable bonds is 8. The second-order valence-electron chi connectivity index (χ2n) is 8.39. The third kappa shape index (κ3) is 6.58. The molecule has 4 rings (SSSR count). The Bertz CT molecular complexity index is 1460. The molecule has 1 N–H and O–H groups in total. The number of nitrogens with one attached hydrogen (secondary N) is 1. The van der Waals surface area contributed by atoms with E-state index < -0.39 is 0 Å². The Morgan fingerprint density at radius 3 is 2.58 bits per heavy atom. The first kappa shape index (κ1) is 28.2. The van der Waals surface area contributed by atoms with Gasteiger partial charge in [0.05, 0.1) is 22.2 Å². The summed E-state index contributed by atoms with van der Waals surface area (Å²) in [6, 6.07) is 16.2. The second kappa shape index (κ2) is 12.3. The number of amides is 2. The number of thioether (sulfide) groups is 1. The number of aryl methyl sites for hydroxylation is 2. The number of benzene rings is 3. The Balaban J connectivity index is 1.48. The minimum absolute atomic E-state index is 0.180. The van der Waals surface area contributed by atoms with Crippen LogP contribution in [0.15, 0.2) is 64.0 Å². The molecular formula is C28H24BrClN2O4S2. The van der Waals surface area contributed by atoms with Crippen LogP contribution in [0.5, 0.6) is 11.5 Å². The van der Waals surface area contributed by atoms with E-state index >= 15 is 0 Å². The molecule has 1 saturated heterocycles. The molecule has 0 unspecified atom stereocenters. The number of carbonyl (C=O) groups excluding carboxylic acids is 2. The summed E-state index contributed by atoms with van der Waals surface area (Å²) in [5.74, 6) is 0.378. The van der Waals surface area contributed by atoms with Crippen molar-refractivity contribution in [2.24, 2.45) is 0 Å². The first-order valence-electron chi connectivity index (χ1n) is 11.7. The number of halogens is 2. The minimum atomic E-state index is -0.281. The molecule has 1 aliphatic rings. The van der Waals surface area contributed by atoms with Crippen LogP contribution in [0.1, 0.15) is 23.6 Å². The lowest BCUT2D eigenvalue weighted by molar-refractivity contribution is -0.118. The summed E-state index contributed by atoms with van der Waals surface area (Å²) in [6.45, 7) is 6.09. The Hall–Kier alpha value is -2.85. The highest BCUT2D eigenvalue weighted by Gasteiger charge is 2.33. The predicted octanol–water partition coefficient (Wildman–Crippen LogP) is 7.54. The number of anilines is 2. The van der Waals surface area contributed by atoms with Gasteiger partial charge in [0, 0.05) is 10.2 Å². The van der Waals surface area contributed by atoms with E-state index in [1.165, 1.54) is 16.7 Å². The molecule has 2 amide bonds. The Labute approximate surface area is 244 Å². The van der Waals surface area contributed by atoms with Crippen molar-refractivity contribution in [3.05, 3.63) is 85.7 Å². The highest BCUT2D eigenvalue weighted by Crippen LogP contribution is 2.39. The van der Waals surface area contributed by atoms with Gasteiger partial charge in [-0.05, 0) is 102 Å². The van der Waals surface area contributed by atoms with Crippen LogP contribution in [0.4, 0.5) is 11.4 Å². The zero-order valence-corrected chi connectivity index (χ0v) is 24.8. The molecule has 0 aliphatic carbocycles. The smallest absolute Gasteiger partial charge is 0.270 e. The average Bonchev–Trinajstić information content (AvgIpc) is 3.15. The van der Waals surface area contributed by atoms with Crippen molar-refractivity contribution in [2.75, 3.05) is 23.4 Å². The zero-order valence-electron chi connectivity index (χ0n) is 20.8. The van der Waals surface area contributed by atoms with Crippen LogP contribution >= 0.6 is 51.5 Å². The van der Waals surface area contributed by atoms with Crippen LogP contribution in [-0.2, 0) is 9.59 Å². The van der Waals surface area contributed by atoms with Gasteiger partial charge in [0.25, 0.3) is 11.8 Å². The van der Waals surface area contributed by atoms with E-state index in [0.29, 0.717) is 43.7 Å². The molecule has 3 aromatic rings. The zero-order chi connectivity index (χ0) is 27.4. The molecular weight excluding hydrogens is 608 g/mol. The lowest BCUT2D eigenvalue weighted by Gasteiger charge is -2.15. The van der Waals surface area contributed by atoms with E-state index in [0.717, 1.165) is 21.2 Å². The van der Waals surface area contributed by atoms with Gasteiger partial charge in [0.15, 0.2) is 22.4 Å². The number of nitrogens with zero attached hydrogens (tertiary/aromatic N) is 1. The molecule has 1 heterocycles. The van der Waals surface area contributed by atoms with E-state index in [1.807, 2.05) is 39.0 Å². The maximum absolute atomic E-state index is 13.2. The molecule has 0 radical (unpaired) electrons. The number of hydrogen-bond acceptors (Lipinski definition) is 6. The third-order valence-corrected chi connectivity index (χ3v) is 8.20. The Morgan fingerprint density at radius 1 is 1.08 bits per heavy atom. The van der Waals surface area contributed by atoms with Crippen molar-refractivity contribution in [3.63, 3.8) is 0 Å². The summed E-state index contributed by atoms with van der Waals surface area (Å²) in [5.41, 5.74) is 4.29. The van der Waals surface area contributed by atoms with Crippen LogP contribution in [0.3, 0.4) is 0 Å². The summed E-state index contributed by atoms with van der Waals surface area (Å²) < 4.78 is 12.7. The van der Waals surface area contributed by atoms with Crippen molar-refractivity contribution in [2.45, 2.75) is 20.8 Å². The number of ether oxygens (including phenoxy) is 2. The quantitative estimate of drug-likeness (QED) is 0.205. The van der Waals surface area contributed by atoms with Crippen LogP contribution in [0.25, 0.3) is 6.08 Å². The average molecular weight is 632 g/mol. The van der Waals surface area contributed by atoms with Crippen molar-refractivity contribution in [3.8, 4) is 11.5 Å². The first-order valence-corrected chi connectivity index (χ1v) is 14.1. The van der Waals surface area contributed by atoms with E-state index in [1.54, 1.807) is 42.5 Å². The minimum Gasteiger partial charge on any atom is -0.490 e. The van der Waals surface area contributed by atoms with Crippen LogP contribution in [0, 0.1) is 13.8 Å². The van der Waals surface area contributed by atoms with Gasteiger partial charge in [0.2, 0.25) is 0 Å². The van der Waals surface area contributed by atoms with Gasteiger partial charge in [0.1, 0.15) is 0 Å². The fourth-order valence-corrected chi connectivity index (χ4v) is 5.35. The van der Waals surface area contributed by atoms with Gasteiger partial charge in [-0.2, -0.15) is 0 Å². The number of thiocarbonyl (C=S) groups is 1. The normalized spacial score (nSPS) is 14.2. The standard InChI is InChI=1S/C28H24BrClN2O4S2/c1-4-35-24-12-18(6-10-23(24)36-15-26(33)31-19-7-5-16(2)17(3)11-19)13-25-27(34)32(28(37)38-25)20-8-9-21(29)22(30)14-20/h5-14H,4,15H2,1-3H3,(H,31,33)/b25-13+. The van der Waals surface area contributed by atoms with Gasteiger partial charge in [-0.15, -0.1) is 0 Å². The molecule has 0 aromatic heterocycles. The van der Waals surface area contributed by atoms with Gasteiger partial charge >= 0.3 is 0 Å². The van der Waals surface area contributed by atoms with Gasteiger partial charge < -0.3 is 14.8 Å². The van der Waals surface area contributed by atoms with Crippen molar-refractivity contribution in [1.82, 2.24) is 0 Å². The highest BCUT2D eigenvalue weighted by atomic mass is 79.9. The van der Waals surface area contributed by atoms with E-state index in [9.17, 15) is 9.59 Å². The van der Waals surface area contributed by atoms with Crippen LogP contribution < -0.4 is 19.7 Å². The maximum atomic E-state index is 13.2. The van der Waals surface area contributed by atoms with E-state index in [2.05, 4.69) is 21.2 Å². The number of hydrogen-bond donors (Lipinski definition) is 1. The highest BCUT2D eigenvalue weighted by molar-refractivity contribution is 9.10. The predicted molar refractivity (Wildman–Crippen MR) is 162 cm³/mol. The molecule has 10 heteroatoms. The van der Waals surface area contributed by atoms with Crippen molar-refractivity contribution in [1.29, 1.82) is 0 Å². The topological polar surface area (TPSA) is 67.9 Å². The summed E-state index contributed by atoms with van der Waals surface area (Å²) in [7, 11) is 0. The lowest BCUT2D eigenvalue weighted by atomic mass is 10.1. The van der Waals surface area contributed by atoms with Crippen molar-refractivity contribution < 1.29 is 19.1 Å². The van der Waals surface area contributed by atoms with E-state index in [-0.39, 0.29) is 18.4 Å². The first-order chi connectivity index (χ1) is 18.2. The molecule has 0 saturated carbocycles. The summed E-state index contributed by atoms with van der Waals surface area (Å²) >= 11 is 16.2. The van der Waals surface area contributed by atoms with Crippen LogP contribution in [-0.4, -0.2) is 29.3 Å². The molecule has 1 fully saturated rings. The molecule has 38 heavy (non-hydrogen) atoms. The largest absolute Gasteiger partial charge is 0.490 e. The summed E-state index contributed by atoms with van der Waals surface area (Å²) in [5, 5.41) is 3.33. The Kier molecular flexibility index (Phi) is 9.15. The number of carbonyl (C=O) groups is 2. The molecule has 3 aromatic carbocycles. The molecule has 196 valence electrons. The maximum Gasteiger partial charge on any atom is 0.270 e. The molecule has 0 bridgehead atoms. The molecule has 1 aliphatic heterocycles. The SMILES string of the molecule is CCOc1cc(/C=C2/SC(=S)N(c3ccc(Br)c(Cl)c3)C2=O)ccc1OCC(=O)Nc1ccc(C)c(C)c1. The van der Waals surface area contributed by atoms with Crippen LogP contribution in [0.2, 0.25) is 5.02 Å². The fourth-order valence-electron chi connectivity index (χ4n) is 3.63. The van der Waals surface area contributed by atoms with E-state index in [4.69, 9.17) is 33.3 Å². The third-order valence-electron chi connectivity index (χ3n) is 5.67. The second-order valence-corrected chi connectivity index (χ2v) is 11.3. The molecule has 0 atom stereocenters. The van der Waals surface area contributed by atoms with Gasteiger partial charge in [-0.25, -0.2) is 0 Å².